The molecule has 0 spiro atoms. The fourth-order valence-corrected chi connectivity index (χ4v) is 1.74. The van der Waals surface area contributed by atoms with Gasteiger partial charge in [-0.1, -0.05) is 0 Å². The minimum absolute atomic E-state index is 0.191. The van der Waals surface area contributed by atoms with Crippen LogP contribution in [-0.2, 0) is 5.72 Å². The molecule has 0 aliphatic heterocycles. The molecule has 0 aromatic heterocycles. The van der Waals surface area contributed by atoms with Crippen molar-refractivity contribution in [2.45, 2.75) is 39.0 Å². The van der Waals surface area contributed by atoms with Crippen molar-refractivity contribution < 1.29 is 9.50 Å². The molecule has 1 rings (SSSR count). The third kappa shape index (κ3) is 3.81. The fraction of sp³-hybridized carbons (Fsp3) is 0.462. The molecule has 92 valence electrons. The highest BCUT2D eigenvalue weighted by atomic mass is 19.1. The monoisotopic (exact) mass is 236 g/mol. The van der Waals surface area contributed by atoms with Crippen LogP contribution in [0.3, 0.4) is 0 Å². The summed E-state index contributed by atoms with van der Waals surface area (Å²) in [5, 5.41) is 22.0. The standard InChI is InChI=1S/C13H17FN2O/c1-12(2,3)16-13(4,17)10-5-9(8-15)6-11(14)7-10/h5-7,16-17H,1-4H3. The summed E-state index contributed by atoms with van der Waals surface area (Å²) in [6.45, 7) is 7.22. The van der Waals surface area contributed by atoms with Crippen molar-refractivity contribution in [1.82, 2.24) is 5.32 Å². The molecule has 0 fully saturated rings. The van der Waals surface area contributed by atoms with Gasteiger partial charge in [0.1, 0.15) is 11.5 Å². The molecule has 0 amide bonds. The van der Waals surface area contributed by atoms with Gasteiger partial charge in [0.05, 0.1) is 11.6 Å². The van der Waals surface area contributed by atoms with Crippen LogP contribution >= 0.6 is 0 Å². The Balaban J connectivity index is 3.15. The van der Waals surface area contributed by atoms with Gasteiger partial charge in [-0.3, -0.25) is 5.32 Å². The minimum atomic E-state index is -1.38. The zero-order chi connectivity index (χ0) is 13.3. The van der Waals surface area contributed by atoms with Gasteiger partial charge < -0.3 is 5.11 Å². The summed E-state index contributed by atoms with van der Waals surface area (Å²) in [4.78, 5) is 0. The lowest BCUT2D eigenvalue weighted by molar-refractivity contribution is -0.00445. The maximum atomic E-state index is 13.3. The van der Waals surface area contributed by atoms with E-state index >= 15 is 0 Å². The Morgan fingerprint density at radius 3 is 2.29 bits per heavy atom. The smallest absolute Gasteiger partial charge is 0.139 e. The molecular formula is C13H17FN2O. The first-order valence-corrected chi connectivity index (χ1v) is 5.37. The number of nitriles is 1. The van der Waals surface area contributed by atoms with Crippen molar-refractivity contribution in [2.24, 2.45) is 0 Å². The number of nitrogens with zero attached hydrogens (tertiary/aromatic N) is 1. The molecule has 0 heterocycles. The molecule has 1 atom stereocenters. The molecule has 4 heteroatoms. The molecule has 0 aliphatic carbocycles. The summed E-state index contributed by atoms with van der Waals surface area (Å²) < 4.78 is 13.3. The molecule has 17 heavy (non-hydrogen) atoms. The van der Waals surface area contributed by atoms with E-state index in [1.165, 1.54) is 19.1 Å². The van der Waals surface area contributed by atoms with Gasteiger partial charge >= 0.3 is 0 Å². The topological polar surface area (TPSA) is 56.0 Å². The summed E-state index contributed by atoms with van der Waals surface area (Å²) in [6.07, 6.45) is 0. The SMILES string of the molecule is CC(C)(C)NC(C)(O)c1cc(F)cc(C#N)c1. The summed E-state index contributed by atoms with van der Waals surface area (Å²) in [7, 11) is 0. The Morgan fingerprint density at radius 1 is 1.24 bits per heavy atom. The van der Waals surface area contributed by atoms with Crippen LogP contribution in [0, 0.1) is 17.1 Å². The van der Waals surface area contributed by atoms with Gasteiger partial charge in [-0.25, -0.2) is 4.39 Å². The van der Waals surface area contributed by atoms with Gasteiger partial charge in [-0.05, 0) is 45.9 Å². The van der Waals surface area contributed by atoms with E-state index in [9.17, 15) is 9.50 Å². The third-order valence-corrected chi connectivity index (χ3v) is 2.21. The van der Waals surface area contributed by atoms with Crippen molar-refractivity contribution in [3.05, 3.63) is 35.1 Å². The zero-order valence-corrected chi connectivity index (χ0v) is 10.5. The van der Waals surface area contributed by atoms with Gasteiger partial charge in [-0.15, -0.1) is 0 Å². The number of nitrogens with one attached hydrogen (secondary N) is 1. The molecule has 0 bridgehead atoms. The van der Waals surface area contributed by atoms with E-state index in [1.807, 2.05) is 26.8 Å². The molecule has 0 radical (unpaired) electrons. The van der Waals surface area contributed by atoms with Crippen LogP contribution in [0.25, 0.3) is 0 Å². The average molecular weight is 236 g/mol. The van der Waals surface area contributed by atoms with Crippen LogP contribution in [0.5, 0.6) is 0 Å². The number of hydrogen-bond acceptors (Lipinski definition) is 3. The quantitative estimate of drug-likeness (QED) is 0.774. The maximum Gasteiger partial charge on any atom is 0.139 e. The second-order valence-electron chi connectivity index (χ2n) is 5.29. The van der Waals surface area contributed by atoms with Crippen LogP contribution in [0.1, 0.15) is 38.8 Å². The molecule has 0 saturated carbocycles. The average Bonchev–Trinajstić information content (AvgIpc) is 2.13. The molecule has 2 N–H and O–H groups in total. The Labute approximate surface area is 101 Å². The van der Waals surface area contributed by atoms with Gasteiger partial charge in [0, 0.05) is 11.1 Å². The van der Waals surface area contributed by atoms with E-state index < -0.39 is 11.5 Å². The van der Waals surface area contributed by atoms with E-state index in [0.717, 1.165) is 6.07 Å². The van der Waals surface area contributed by atoms with E-state index in [1.54, 1.807) is 0 Å². The van der Waals surface area contributed by atoms with E-state index in [0.29, 0.717) is 5.56 Å². The highest BCUT2D eigenvalue weighted by Crippen LogP contribution is 2.22. The molecule has 1 aromatic rings. The third-order valence-electron chi connectivity index (χ3n) is 2.21. The Morgan fingerprint density at radius 2 is 1.82 bits per heavy atom. The Kier molecular flexibility index (Phi) is 3.56. The van der Waals surface area contributed by atoms with Gasteiger partial charge in [-0.2, -0.15) is 5.26 Å². The summed E-state index contributed by atoms with van der Waals surface area (Å²) in [6, 6.07) is 5.70. The second kappa shape index (κ2) is 4.44. The fourth-order valence-electron chi connectivity index (χ4n) is 1.74. The van der Waals surface area contributed by atoms with Crippen LogP contribution in [0.15, 0.2) is 18.2 Å². The van der Waals surface area contributed by atoms with E-state index in [4.69, 9.17) is 5.26 Å². The first kappa shape index (κ1) is 13.6. The minimum Gasteiger partial charge on any atom is -0.372 e. The molecule has 1 unspecified atom stereocenters. The van der Waals surface area contributed by atoms with Crippen molar-refractivity contribution >= 4 is 0 Å². The molecule has 3 nitrogen and oxygen atoms in total. The number of halogens is 1. The lowest BCUT2D eigenvalue weighted by atomic mass is 9.98. The van der Waals surface area contributed by atoms with Crippen LogP contribution in [0.4, 0.5) is 4.39 Å². The van der Waals surface area contributed by atoms with Crippen LogP contribution in [0.2, 0.25) is 0 Å². The predicted molar refractivity (Wildman–Crippen MR) is 63.6 cm³/mol. The van der Waals surface area contributed by atoms with Gasteiger partial charge in [0.25, 0.3) is 0 Å². The van der Waals surface area contributed by atoms with Gasteiger partial charge in [0.15, 0.2) is 0 Å². The Hall–Kier alpha value is -1.44. The van der Waals surface area contributed by atoms with Crippen LogP contribution < -0.4 is 5.32 Å². The first-order chi connectivity index (χ1) is 7.64. The Bertz CT molecular complexity index is 455. The van der Waals surface area contributed by atoms with Crippen molar-refractivity contribution in [3.8, 4) is 6.07 Å². The second-order valence-corrected chi connectivity index (χ2v) is 5.29. The highest BCUT2D eigenvalue weighted by Gasteiger charge is 2.28. The zero-order valence-electron chi connectivity index (χ0n) is 10.5. The molecule has 0 saturated heterocycles. The lowest BCUT2D eigenvalue weighted by Gasteiger charge is -2.33. The number of aliphatic hydroxyl groups is 1. The number of hydrogen-bond donors (Lipinski definition) is 2. The van der Waals surface area contributed by atoms with Crippen molar-refractivity contribution in [1.29, 1.82) is 5.26 Å². The highest BCUT2D eigenvalue weighted by molar-refractivity contribution is 5.36. The molecule has 0 aliphatic rings. The van der Waals surface area contributed by atoms with Crippen molar-refractivity contribution in [3.63, 3.8) is 0 Å². The maximum absolute atomic E-state index is 13.3. The summed E-state index contributed by atoms with van der Waals surface area (Å²) >= 11 is 0. The van der Waals surface area contributed by atoms with E-state index in [2.05, 4.69) is 5.32 Å². The predicted octanol–water partition coefficient (Wildman–Crippen LogP) is 2.25. The number of rotatable bonds is 2. The lowest BCUT2D eigenvalue weighted by Crippen LogP contribution is -2.50. The molecular weight excluding hydrogens is 219 g/mol. The number of benzene rings is 1. The normalized spacial score (nSPS) is 15.1. The van der Waals surface area contributed by atoms with E-state index in [-0.39, 0.29) is 11.1 Å². The van der Waals surface area contributed by atoms with Crippen molar-refractivity contribution in [2.75, 3.05) is 0 Å². The molecule has 1 aromatic carbocycles. The van der Waals surface area contributed by atoms with Gasteiger partial charge in [0.2, 0.25) is 0 Å². The van der Waals surface area contributed by atoms with Crippen LogP contribution in [-0.4, -0.2) is 10.6 Å². The largest absolute Gasteiger partial charge is 0.372 e. The first-order valence-electron chi connectivity index (χ1n) is 5.37. The summed E-state index contributed by atoms with van der Waals surface area (Å²) in [5.41, 5.74) is -1.19. The summed E-state index contributed by atoms with van der Waals surface area (Å²) in [5.74, 6) is -0.532.